The summed E-state index contributed by atoms with van der Waals surface area (Å²) in [6.07, 6.45) is 83.3. The van der Waals surface area contributed by atoms with Crippen LogP contribution in [0.2, 0.25) is 0 Å². The molecule has 0 N–H and O–H groups in total. The van der Waals surface area contributed by atoms with Gasteiger partial charge in [0.1, 0.15) is 13.2 Å². The molecule has 6 heteroatoms. The lowest BCUT2D eigenvalue weighted by molar-refractivity contribution is -0.167. The predicted octanol–water partition coefficient (Wildman–Crippen LogP) is 20.4. The summed E-state index contributed by atoms with van der Waals surface area (Å²) < 4.78 is 16.9. The maximum atomic E-state index is 12.9. The van der Waals surface area contributed by atoms with Crippen molar-refractivity contribution >= 4 is 17.9 Å². The van der Waals surface area contributed by atoms with Crippen LogP contribution in [0.5, 0.6) is 0 Å². The van der Waals surface area contributed by atoms with E-state index in [4.69, 9.17) is 14.2 Å². The van der Waals surface area contributed by atoms with Crippen LogP contribution in [-0.4, -0.2) is 37.2 Å². The normalized spacial score (nSPS) is 13.0. The van der Waals surface area contributed by atoms with Crippen LogP contribution >= 0.6 is 0 Å². The van der Waals surface area contributed by atoms with Gasteiger partial charge in [0.25, 0.3) is 0 Å². The minimum Gasteiger partial charge on any atom is -0.462 e. The van der Waals surface area contributed by atoms with Crippen molar-refractivity contribution in [3.05, 3.63) is 122 Å². The van der Waals surface area contributed by atoms with Crippen molar-refractivity contribution in [2.75, 3.05) is 13.2 Å². The highest BCUT2D eigenvalue weighted by atomic mass is 16.6. The Morgan fingerprint density at radius 3 is 0.836 bits per heavy atom. The Hall–Kier alpha value is -4.19. The Kier molecular flexibility index (Phi) is 56.9. The molecule has 0 heterocycles. The number of hydrogen-bond acceptors (Lipinski definition) is 6. The molecule has 6 nitrogen and oxygen atoms in total. The van der Waals surface area contributed by atoms with Gasteiger partial charge < -0.3 is 14.2 Å². The summed E-state index contributed by atoms with van der Waals surface area (Å²) in [4.78, 5) is 38.2. The molecule has 0 aliphatic heterocycles. The summed E-state index contributed by atoms with van der Waals surface area (Å²) >= 11 is 0. The molecule has 0 aliphatic rings. The molecular formula is C67H110O6. The molecule has 0 saturated carbocycles. The van der Waals surface area contributed by atoms with Crippen LogP contribution in [0.15, 0.2) is 122 Å². The minimum absolute atomic E-state index is 0.0972. The second-order valence-electron chi connectivity index (χ2n) is 19.5. The summed E-state index contributed by atoms with van der Waals surface area (Å²) in [5.74, 6) is -0.944. The van der Waals surface area contributed by atoms with Crippen LogP contribution in [0.25, 0.3) is 0 Å². The molecule has 0 aromatic rings. The van der Waals surface area contributed by atoms with Crippen molar-refractivity contribution in [1.82, 2.24) is 0 Å². The molecule has 0 spiro atoms. The second kappa shape index (κ2) is 60.4. The molecule has 0 aliphatic carbocycles. The highest BCUT2D eigenvalue weighted by Crippen LogP contribution is 2.15. The number of unbranched alkanes of at least 4 members (excludes halogenated alkanes) is 22. The van der Waals surface area contributed by atoms with Gasteiger partial charge in [0.2, 0.25) is 0 Å². The van der Waals surface area contributed by atoms with Crippen molar-refractivity contribution in [1.29, 1.82) is 0 Å². The van der Waals surface area contributed by atoms with Gasteiger partial charge in [-0.15, -0.1) is 0 Å². The Bertz CT molecular complexity index is 1540. The first-order valence-corrected chi connectivity index (χ1v) is 30.0. The average Bonchev–Trinajstić information content (AvgIpc) is 3.39. The van der Waals surface area contributed by atoms with Crippen LogP contribution in [0.3, 0.4) is 0 Å². The van der Waals surface area contributed by atoms with E-state index in [1.165, 1.54) is 77.0 Å². The van der Waals surface area contributed by atoms with Crippen molar-refractivity contribution in [3.63, 3.8) is 0 Å². The first-order chi connectivity index (χ1) is 36.0. The van der Waals surface area contributed by atoms with Gasteiger partial charge in [-0.25, -0.2) is 0 Å². The average molecular weight is 1010 g/mol. The fraction of sp³-hybridized carbons (Fsp3) is 0.657. The molecule has 0 radical (unpaired) electrons. The third kappa shape index (κ3) is 58.6. The third-order valence-electron chi connectivity index (χ3n) is 12.5. The van der Waals surface area contributed by atoms with E-state index in [1.807, 2.05) is 0 Å². The zero-order chi connectivity index (χ0) is 52.9. The molecule has 0 aromatic heterocycles. The maximum absolute atomic E-state index is 12.9. The minimum atomic E-state index is -0.805. The van der Waals surface area contributed by atoms with Crippen molar-refractivity contribution < 1.29 is 28.6 Å². The van der Waals surface area contributed by atoms with Crippen LogP contribution in [0.4, 0.5) is 0 Å². The van der Waals surface area contributed by atoms with E-state index in [0.29, 0.717) is 19.3 Å². The molecule has 0 fully saturated rings. The topological polar surface area (TPSA) is 78.9 Å². The van der Waals surface area contributed by atoms with E-state index >= 15 is 0 Å². The summed E-state index contributed by atoms with van der Waals surface area (Å²) in [5.41, 5.74) is 0. The standard InChI is InChI=1S/C67H110O6/c1-4-7-10-13-16-19-22-25-28-30-31-32-33-34-35-37-39-42-45-48-51-54-57-60-66(69)72-63-64(62-71-65(68)59-56-53-50-47-44-41-38-27-24-21-18-15-12-9-6-3)73-67(70)61-58-55-52-49-46-43-40-36-29-26-23-20-17-14-11-8-5-2/h7-8,10-11,16-17,19-20,25-26,28-29,31-32,34-35,39-40,42-43,64H,4-6,9,12-15,18,21-24,27,30,33,36-38,41,44-63H2,1-3H3/b10-7-,11-8-,19-16-,20-17-,28-25-,29-26-,32-31-,35-34-,42-39-,43-40-. The number of rotatable bonds is 53. The highest BCUT2D eigenvalue weighted by molar-refractivity contribution is 5.71. The van der Waals surface area contributed by atoms with Gasteiger partial charge in [-0.05, 0) is 109 Å². The molecule has 1 unspecified atom stereocenters. The molecule has 0 aromatic carbocycles. The molecule has 73 heavy (non-hydrogen) atoms. The van der Waals surface area contributed by atoms with Crippen molar-refractivity contribution in [3.8, 4) is 0 Å². The zero-order valence-corrected chi connectivity index (χ0v) is 47.4. The third-order valence-corrected chi connectivity index (χ3v) is 12.5. The molecule has 0 amide bonds. The molecule has 1 atom stereocenters. The quantitative estimate of drug-likeness (QED) is 0.0261. The molecule has 0 rings (SSSR count). The molecule has 0 bridgehead atoms. The first-order valence-electron chi connectivity index (χ1n) is 30.0. The van der Waals surface area contributed by atoms with Gasteiger partial charge in [0.05, 0.1) is 0 Å². The van der Waals surface area contributed by atoms with Crippen LogP contribution < -0.4 is 0 Å². The second-order valence-corrected chi connectivity index (χ2v) is 19.5. The van der Waals surface area contributed by atoms with E-state index in [2.05, 4.69) is 142 Å². The number of carbonyl (C=O) groups is 3. The van der Waals surface area contributed by atoms with E-state index < -0.39 is 6.10 Å². The summed E-state index contributed by atoms with van der Waals surface area (Å²) in [7, 11) is 0. The Morgan fingerprint density at radius 2 is 0.534 bits per heavy atom. The zero-order valence-electron chi connectivity index (χ0n) is 47.4. The van der Waals surface area contributed by atoms with E-state index in [-0.39, 0.29) is 31.1 Å². The van der Waals surface area contributed by atoms with Gasteiger partial charge in [0, 0.05) is 19.3 Å². The predicted molar refractivity (Wildman–Crippen MR) is 316 cm³/mol. The lowest BCUT2D eigenvalue weighted by Gasteiger charge is -2.18. The van der Waals surface area contributed by atoms with Crippen molar-refractivity contribution in [2.24, 2.45) is 0 Å². The molecule has 414 valence electrons. The fourth-order valence-electron chi connectivity index (χ4n) is 8.03. The Labute approximate surface area is 450 Å². The monoisotopic (exact) mass is 1010 g/mol. The number of carbonyl (C=O) groups excluding carboxylic acids is 3. The smallest absolute Gasteiger partial charge is 0.306 e. The Balaban J connectivity index is 4.47. The lowest BCUT2D eigenvalue weighted by Crippen LogP contribution is -2.30. The summed E-state index contributed by atoms with van der Waals surface area (Å²) in [5, 5.41) is 0. The van der Waals surface area contributed by atoms with Gasteiger partial charge in [-0.1, -0.05) is 258 Å². The van der Waals surface area contributed by atoms with Crippen LogP contribution in [0.1, 0.15) is 265 Å². The van der Waals surface area contributed by atoms with Crippen molar-refractivity contribution in [2.45, 2.75) is 271 Å². The molecule has 0 saturated heterocycles. The van der Waals surface area contributed by atoms with E-state index in [9.17, 15) is 14.4 Å². The molecular weight excluding hydrogens is 901 g/mol. The van der Waals surface area contributed by atoms with Gasteiger partial charge in [-0.3, -0.25) is 14.4 Å². The Morgan fingerprint density at radius 1 is 0.288 bits per heavy atom. The number of hydrogen-bond donors (Lipinski definition) is 0. The van der Waals surface area contributed by atoms with Crippen LogP contribution in [0, 0.1) is 0 Å². The summed E-state index contributed by atoms with van der Waals surface area (Å²) in [6, 6.07) is 0. The van der Waals surface area contributed by atoms with Gasteiger partial charge in [-0.2, -0.15) is 0 Å². The lowest BCUT2D eigenvalue weighted by atomic mass is 10.0. The number of allylic oxidation sites excluding steroid dienone is 20. The largest absolute Gasteiger partial charge is 0.462 e. The van der Waals surface area contributed by atoms with Gasteiger partial charge >= 0.3 is 17.9 Å². The SMILES string of the molecule is CC/C=C\C/C=C\C/C=C\C/C=C\C/C=C\C/C=C\CCCCCCC(=O)OCC(COC(=O)CCCCCCCCCCCCCCCCC)OC(=O)CCCCCC/C=C\C/C=C\C/C=C\C/C=C\CC. The van der Waals surface area contributed by atoms with E-state index in [0.717, 1.165) is 148 Å². The van der Waals surface area contributed by atoms with Crippen LogP contribution in [-0.2, 0) is 28.6 Å². The highest BCUT2D eigenvalue weighted by Gasteiger charge is 2.19. The fourth-order valence-corrected chi connectivity index (χ4v) is 8.03. The van der Waals surface area contributed by atoms with Gasteiger partial charge in [0.15, 0.2) is 6.10 Å². The summed E-state index contributed by atoms with van der Waals surface area (Å²) in [6.45, 7) is 6.38. The number of esters is 3. The number of ether oxygens (including phenoxy) is 3. The first kappa shape index (κ1) is 68.8. The van der Waals surface area contributed by atoms with E-state index in [1.54, 1.807) is 0 Å². The maximum Gasteiger partial charge on any atom is 0.306 e.